The predicted octanol–water partition coefficient (Wildman–Crippen LogP) is 5.24. The Morgan fingerprint density at radius 1 is 1.18 bits per heavy atom. The summed E-state index contributed by atoms with van der Waals surface area (Å²) in [7, 11) is 1.52. The highest BCUT2D eigenvalue weighted by Crippen LogP contribution is 2.37. The Balaban J connectivity index is 2.06. The molecular formula is C16H14Cl2N2O2. The summed E-state index contributed by atoms with van der Waals surface area (Å²) in [5, 5.41) is 4.08. The van der Waals surface area contributed by atoms with E-state index >= 15 is 0 Å². The lowest BCUT2D eigenvalue weighted by Gasteiger charge is -2.06. The second-order valence-electron chi connectivity index (χ2n) is 4.70. The van der Waals surface area contributed by atoms with Crippen molar-refractivity contribution in [2.45, 2.75) is 6.92 Å². The van der Waals surface area contributed by atoms with Gasteiger partial charge < -0.3 is 14.5 Å². The Kier molecular flexibility index (Phi) is 4.14. The first-order chi connectivity index (χ1) is 10.6. The van der Waals surface area contributed by atoms with Gasteiger partial charge in [0.05, 0.1) is 17.2 Å². The van der Waals surface area contributed by atoms with Crippen molar-refractivity contribution in [2.75, 3.05) is 19.0 Å². The minimum Gasteiger partial charge on any atom is -0.494 e. The number of nitrogens with zero attached hydrogens (tertiary/aromatic N) is 1. The molecule has 1 N–H and O–H groups in total. The molecule has 4 nitrogen and oxygen atoms in total. The quantitative estimate of drug-likeness (QED) is 0.707. The van der Waals surface area contributed by atoms with Gasteiger partial charge in [0.1, 0.15) is 5.52 Å². The average molecular weight is 337 g/mol. The van der Waals surface area contributed by atoms with E-state index in [1.807, 2.05) is 25.1 Å². The van der Waals surface area contributed by atoms with Crippen LogP contribution in [0.15, 0.2) is 34.7 Å². The molecule has 0 radical (unpaired) electrons. The number of methoxy groups -OCH3 is 1. The molecule has 22 heavy (non-hydrogen) atoms. The number of halogens is 2. The molecule has 1 heterocycles. The Morgan fingerprint density at radius 2 is 1.91 bits per heavy atom. The second-order valence-corrected chi connectivity index (χ2v) is 5.52. The van der Waals surface area contributed by atoms with E-state index in [0.717, 1.165) is 17.7 Å². The predicted molar refractivity (Wildman–Crippen MR) is 90.2 cm³/mol. The topological polar surface area (TPSA) is 47.3 Å². The summed E-state index contributed by atoms with van der Waals surface area (Å²) < 4.78 is 10.9. The molecule has 0 aliphatic heterocycles. The van der Waals surface area contributed by atoms with Gasteiger partial charge >= 0.3 is 0 Å². The van der Waals surface area contributed by atoms with E-state index < -0.39 is 0 Å². The lowest BCUT2D eigenvalue weighted by molar-refractivity contribution is 0.415. The molecule has 0 amide bonds. The van der Waals surface area contributed by atoms with Gasteiger partial charge in [-0.3, -0.25) is 0 Å². The lowest BCUT2D eigenvalue weighted by Crippen LogP contribution is -1.95. The zero-order valence-electron chi connectivity index (χ0n) is 12.1. The second kappa shape index (κ2) is 6.07. The summed E-state index contributed by atoms with van der Waals surface area (Å²) in [6.45, 7) is 2.89. The standard InChI is InChI=1S/C16H14Cl2N2O2/c1-3-19-10-4-5-14-13(8-10)20-16(22-14)9-6-11(17)15(21-2)12(18)7-9/h4-8,19H,3H2,1-2H3. The summed E-state index contributed by atoms with van der Waals surface area (Å²) in [5.41, 5.74) is 3.19. The molecule has 6 heteroatoms. The number of aromatic nitrogens is 1. The van der Waals surface area contributed by atoms with Gasteiger partial charge in [-0.25, -0.2) is 4.98 Å². The zero-order chi connectivity index (χ0) is 15.7. The van der Waals surface area contributed by atoms with Crippen LogP contribution in [-0.2, 0) is 0 Å². The Labute approximate surface area is 138 Å². The van der Waals surface area contributed by atoms with Crippen molar-refractivity contribution in [3.63, 3.8) is 0 Å². The molecule has 0 saturated carbocycles. The Morgan fingerprint density at radius 3 is 2.55 bits per heavy atom. The molecule has 0 spiro atoms. The van der Waals surface area contributed by atoms with Crippen molar-refractivity contribution in [2.24, 2.45) is 0 Å². The fraction of sp³-hybridized carbons (Fsp3) is 0.188. The monoisotopic (exact) mass is 336 g/mol. The number of hydrogen-bond acceptors (Lipinski definition) is 4. The van der Waals surface area contributed by atoms with Crippen LogP contribution >= 0.6 is 23.2 Å². The highest BCUT2D eigenvalue weighted by molar-refractivity contribution is 6.37. The van der Waals surface area contributed by atoms with Crippen molar-refractivity contribution in [3.8, 4) is 17.2 Å². The number of benzene rings is 2. The molecule has 0 bridgehead atoms. The maximum absolute atomic E-state index is 6.16. The highest BCUT2D eigenvalue weighted by atomic mass is 35.5. The van der Waals surface area contributed by atoms with Crippen LogP contribution in [-0.4, -0.2) is 18.6 Å². The van der Waals surface area contributed by atoms with E-state index in [9.17, 15) is 0 Å². The molecule has 0 saturated heterocycles. The summed E-state index contributed by atoms with van der Waals surface area (Å²) in [4.78, 5) is 4.50. The van der Waals surface area contributed by atoms with Gasteiger partial charge in [-0.1, -0.05) is 23.2 Å². The molecule has 0 aliphatic carbocycles. The van der Waals surface area contributed by atoms with Gasteiger partial charge in [0, 0.05) is 17.8 Å². The number of oxazole rings is 1. The van der Waals surface area contributed by atoms with Gasteiger partial charge in [-0.05, 0) is 37.3 Å². The molecule has 0 atom stereocenters. The maximum Gasteiger partial charge on any atom is 0.227 e. The van der Waals surface area contributed by atoms with E-state index in [1.165, 1.54) is 7.11 Å². The van der Waals surface area contributed by atoms with Crippen molar-refractivity contribution in [1.29, 1.82) is 0 Å². The van der Waals surface area contributed by atoms with Gasteiger partial charge in [-0.2, -0.15) is 0 Å². The SMILES string of the molecule is CCNc1ccc2oc(-c3cc(Cl)c(OC)c(Cl)c3)nc2c1. The first-order valence-corrected chi connectivity index (χ1v) is 7.56. The summed E-state index contributed by atoms with van der Waals surface area (Å²) in [5.74, 6) is 0.910. The molecule has 3 rings (SSSR count). The number of fused-ring (bicyclic) bond motifs is 1. The normalized spacial score (nSPS) is 10.9. The number of hydrogen-bond donors (Lipinski definition) is 1. The number of anilines is 1. The molecule has 0 unspecified atom stereocenters. The van der Waals surface area contributed by atoms with Crippen molar-refractivity contribution in [3.05, 3.63) is 40.4 Å². The number of ether oxygens (including phenoxy) is 1. The van der Waals surface area contributed by atoms with Crippen molar-refractivity contribution < 1.29 is 9.15 Å². The Hall–Kier alpha value is -1.91. The van der Waals surface area contributed by atoms with E-state index in [0.29, 0.717) is 32.8 Å². The summed E-state index contributed by atoms with van der Waals surface area (Å²) >= 11 is 12.3. The first-order valence-electron chi connectivity index (χ1n) is 6.80. The molecule has 0 aliphatic rings. The van der Waals surface area contributed by atoms with Crippen LogP contribution in [0.1, 0.15) is 6.92 Å². The van der Waals surface area contributed by atoms with Gasteiger partial charge in [0.25, 0.3) is 0 Å². The fourth-order valence-corrected chi connectivity index (χ4v) is 2.88. The molecule has 3 aromatic rings. The van der Waals surface area contributed by atoms with Crippen LogP contribution in [0.25, 0.3) is 22.6 Å². The Bertz CT molecular complexity index is 807. The van der Waals surface area contributed by atoms with Crippen LogP contribution < -0.4 is 10.1 Å². The highest BCUT2D eigenvalue weighted by Gasteiger charge is 2.14. The van der Waals surface area contributed by atoms with E-state index in [-0.39, 0.29) is 0 Å². The van der Waals surface area contributed by atoms with E-state index in [4.69, 9.17) is 32.4 Å². The molecule has 0 fully saturated rings. The van der Waals surface area contributed by atoms with Crippen molar-refractivity contribution in [1.82, 2.24) is 4.98 Å². The van der Waals surface area contributed by atoms with E-state index in [1.54, 1.807) is 12.1 Å². The summed E-state index contributed by atoms with van der Waals surface area (Å²) in [6, 6.07) is 9.23. The molecule has 114 valence electrons. The van der Waals surface area contributed by atoms with Crippen LogP contribution in [0.4, 0.5) is 5.69 Å². The molecule has 2 aromatic carbocycles. The fourth-order valence-electron chi connectivity index (χ4n) is 2.24. The van der Waals surface area contributed by atoms with Crippen molar-refractivity contribution >= 4 is 40.0 Å². The van der Waals surface area contributed by atoms with Gasteiger partial charge in [0.15, 0.2) is 11.3 Å². The van der Waals surface area contributed by atoms with Crippen LogP contribution in [0.2, 0.25) is 10.0 Å². The third-order valence-electron chi connectivity index (χ3n) is 3.22. The maximum atomic E-state index is 6.16. The smallest absolute Gasteiger partial charge is 0.227 e. The average Bonchev–Trinajstić information content (AvgIpc) is 2.90. The third-order valence-corrected chi connectivity index (χ3v) is 3.78. The molecular weight excluding hydrogens is 323 g/mol. The minimum absolute atomic E-state index is 0.417. The van der Waals surface area contributed by atoms with Gasteiger partial charge in [-0.15, -0.1) is 0 Å². The summed E-state index contributed by atoms with van der Waals surface area (Å²) in [6.07, 6.45) is 0. The van der Waals surface area contributed by atoms with Crippen LogP contribution in [0.3, 0.4) is 0 Å². The third kappa shape index (κ3) is 2.72. The largest absolute Gasteiger partial charge is 0.494 e. The van der Waals surface area contributed by atoms with Crippen LogP contribution in [0, 0.1) is 0 Å². The zero-order valence-corrected chi connectivity index (χ0v) is 13.6. The minimum atomic E-state index is 0.417. The molecule has 1 aromatic heterocycles. The number of rotatable bonds is 4. The van der Waals surface area contributed by atoms with Crippen LogP contribution in [0.5, 0.6) is 5.75 Å². The van der Waals surface area contributed by atoms with Gasteiger partial charge in [0.2, 0.25) is 5.89 Å². The van der Waals surface area contributed by atoms with E-state index in [2.05, 4.69) is 10.3 Å². The first kappa shape index (κ1) is 15.0. The lowest BCUT2D eigenvalue weighted by atomic mass is 10.2. The number of nitrogens with one attached hydrogen (secondary N) is 1.